The molecule has 0 bridgehead atoms. The van der Waals surface area contributed by atoms with E-state index in [4.69, 9.17) is 19.2 Å². The molecule has 2 heterocycles. The van der Waals surface area contributed by atoms with Gasteiger partial charge in [0.25, 0.3) is 0 Å². The van der Waals surface area contributed by atoms with Crippen LogP contribution in [0.1, 0.15) is 18.5 Å². The number of esters is 1. The summed E-state index contributed by atoms with van der Waals surface area (Å²) in [5.41, 5.74) is 1.79. The second-order valence-corrected chi connectivity index (χ2v) is 8.04. The predicted molar refractivity (Wildman–Crippen MR) is 128 cm³/mol. The van der Waals surface area contributed by atoms with Crippen molar-refractivity contribution in [1.29, 1.82) is 0 Å². The summed E-state index contributed by atoms with van der Waals surface area (Å²) >= 11 is 0. The molecule has 2 aliphatic heterocycles. The Morgan fingerprint density at radius 3 is 2.32 bits per heavy atom. The molecule has 9 nitrogen and oxygen atoms in total. The first-order valence-corrected chi connectivity index (χ1v) is 11.4. The zero-order chi connectivity index (χ0) is 24.1. The number of guanidine groups is 1. The Balaban J connectivity index is 1.56. The molecule has 0 spiro atoms. The van der Waals surface area contributed by atoms with Gasteiger partial charge in [0.05, 0.1) is 26.5 Å². The molecule has 9 heteroatoms. The molecule has 180 valence electrons. The maximum atomic E-state index is 13.1. The van der Waals surface area contributed by atoms with Crippen LogP contribution in [0.15, 0.2) is 53.5 Å². The molecular formula is C25H30N4O5. The van der Waals surface area contributed by atoms with Crippen molar-refractivity contribution in [2.24, 2.45) is 10.9 Å². The van der Waals surface area contributed by atoms with Gasteiger partial charge in [0.1, 0.15) is 17.5 Å². The van der Waals surface area contributed by atoms with Crippen molar-refractivity contribution in [1.82, 2.24) is 10.2 Å². The molecule has 2 aromatic carbocycles. The summed E-state index contributed by atoms with van der Waals surface area (Å²) in [6.45, 7) is 4.72. The fourth-order valence-electron chi connectivity index (χ4n) is 4.32. The van der Waals surface area contributed by atoms with Gasteiger partial charge in [0.15, 0.2) is 5.92 Å². The highest BCUT2D eigenvalue weighted by Crippen LogP contribution is 2.33. The van der Waals surface area contributed by atoms with Crippen molar-refractivity contribution < 1.29 is 23.8 Å². The number of ether oxygens (including phenoxy) is 3. The van der Waals surface area contributed by atoms with Crippen LogP contribution in [0.2, 0.25) is 0 Å². The number of carbonyl (C=O) groups is 2. The number of rotatable bonds is 6. The lowest BCUT2D eigenvalue weighted by Gasteiger charge is -2.40. The quantitative estimate of drug-likeness (QED) is 0.516. The summed E-state index contributed by atoms with van der Waals surface area (Å²) < 4.78 is 15.9. The second kappa shape index (κ2) is 10.5. The maximum absolute atomic E-state index is 13.1. The van der Waals surface area contributed by atoms with E-state index < -0.39 is 23.8 Å². The third-order valence-electron chi connectivity index (χ3n) is 6.10. The average Bonchev–Trinajstić information content (AvgIpc) is 2.88. The number of nitrogens with one attached hydrogen (secondary N) is 1. The molecule has 0 radical (unpaired) electrons. The minimum absolute atomic E-state index is 0.194. The number of aliphatic imine (C=N–C) groups is 1. The van der Waals surface area contributed by atoms with E-state index in [0.29, 0.717) is 24.8 Å². The molecular weight excluding hydrogens is 436 g/mol. The summed E-state index contributed by atoms with van der Waals surface area (Å²) in [7, 11) is 3.26. The molecule has 1 fully saturated rings. The molecule has 0 aromatic heterocycles. The van der Waals surface area contributed by atoms with Crippen LogP contribution in [0, 0.1) is 5.92 Å². The van der Waals surface area contributed by atoms with Crippen LogP contribution in [-0.4, -0.2) is 69.7 Å². The maximum Gasteiger partial charge on any atom is 0.321 e. The average molecular weight is 467 g/mol. The number of para-hydroxylation sites is 2. The van der Waals surface area contributed by atoms with Crippen LogP contribution in [0.4, 0.5) is 5.69 Å². The molecule has 2 aromatic rings. The predicted octanol–water partition coefficient (Wildman–Crippen LogP) is 2.23. The van der Waals surface area contributed by atoms with Gasteiger partial charge in [-0.05, 0) is 36.8 Å². The van der Waals surface area contributed by atoms with Gasteiger partial charge in [-0.3, -0.25) is 14.9 Å². The molecule has 0 aliphatic carbocycles. The van der Waals surface area contributed by atoms with E-state index in [9.17, 15) is 9.59 Å². The number of hydrogen-bond acceptors (Lipinski definition) is 8. The van der Waals surface area contributed by atoms with Crippen molar-refractivity contribution in [2.45, 2.75) is 13.0 Å². The number of nitrogens with zero attached hydrogens (tertiary/aromatic N) is 3. The van der Waals surface area contributed by atoms with Crippen LogP contribution in [0.5, 0.6) is 11.5 Å². The van der Waals surface area contributed by atoms with Crippen molar-refractivity contribution in [3.63, 3.8) is 0 Å². The highest BCUT2D eigenvalue weighted by Gasteiger charge is 2.42. The van der Waals surface area contributed by atoms with Gasteiger partial charge in [-0.15, -0.1) is 0 Å². The summed E-state index contributed by atoms with van der Waals surface area (Å²) in [4.78, 5) is 34.8. The largest absolute Gasteiger partial charge is 0.497 e. The van der Waals surface area contributed by atoms with Crippen molar-refractivity contribution in [3.05, 3.63) is 54.1 Å². The molecule has 1 amide bonds. The Kier molecular flexibility index (Phi) is 7.20. The summed E-state index contributed by atoms with van der Waals surface area (Å²) in [6.07, 6.45) is 0. The SMILES string of the molecule is CCOC(=O)[C@H]1C(=O)NC(N2CCN(c3ccccc3OC)CC2)=N[C@@H]1c1ccc(OC)cc1. The number of benzene rings is 2. The van der Waals surface area contributed by atoms with Crippen LogP contribution in [-0.2, 0) is 14.3 Å². The first-order chi connectivity index (χ1) is 16.5. The number of anilines is 1. The number of hydrogen-bond donors (Lipinski definition) is 1. The first-order valence-electron chi connectivity index (χ1n) is 11.4. The number of carbonyl (C=O) groups excluding carboxylic acids is 2. The van der Waals surface area contributed by atoms with Crippen LogP contribution in [0.25, 0.3) is 0 Å². The lowest BCUT2D eigenvalue weighted by molar-refractivity contribution is -0.153. The van der Waals surface area contributed by atoms with E-state index in [0.717, 1.165) is 30.1 Å². The van der Waals surface area contributed by atoms with E-state index in [2.05, 4.69) is 10.2 Å². The lowest BCUT2D eigenvalue weighted by atomic mass is 9.91. The Bertz CT molecular complexity index is 1050. The minimum Gasteiger partial charge on any atom is -0.497 e. The van der Waals surface area contributed by atoms with E-state index >= 15 is 0 Å². The third-order valence-corrected chi connectivity index (χ3v) is 6.10. The number of methoxy groups -OCH3 is 2. The zero-order valence-corrected chi connectivity index (χ0v) is 19.7. The van der Waals surface area contributed by atoms with Crippen LogP contribution >= 0.6 is 0 Å². The Labute approximate surface area is 199 Å². The smallest absolute Gasteiger partial charge is 0.321 e. The Morgan fingerprint density at radius 2 is 1.68 bits per heavy atom. The standard InChI is InChI=1S/C25H30N4O5/c1-4-34-24(31)21-22(17-9-11-18(32-2)12-10-17)26-25(27-23(21)30)29-15-13-28(14-16-29)19-7-5-6-8-20(19)33-3/h5-12,21-22H,4,13-16H2,1-3H3,(H,26,27,30)/t21-,22-/m1/s1. The van der Waals surface area contributed by atoms with E-state index in [1.807, 2.05) is 41.3 Å². The normalized spacial score (nSPS) is 20.3. The monoisotopic (exact) mass is 466 g/mol. The molecule has 0 saturated carbocycles. The van der Waals surface area contributed by atoms with Crippen molar-refractivity contribution >= 4 is 23.5 Å². The minimum atomic E-state index is -1.05. The van der Waals surface area contributed by atoms with Gasteiger partial charge in [0, 0.05) is 26.2 Å². The van der Waals surface area contributed by atoms with E-state index in [1.165, 1.54) is 0 Å². The fraction of sp³-hybridized carbons (Fsp3) is 0.400. The van der Waals surface area contributed by atoms with Gasteiger partial charge in [-0.2, -0.15) is 0 Å². The Morgan fingerprint density at radius 1 is 1.00 bits per heavy atom. The summed E-state index contributed by atoms with van der Waals surface area (Å²) in [5.74, 6) is -0.0384. The number of piperazine rings is 1. The van der Waals surface area contributed by atoms with E-state index in [-0.39, 0.29) is 6.61 Å². The topological polar surface area (TPSA) is 92.7 Å². The van der Waals surface area contributed by atoms with Gasteiger partial charge in [0.2, 0.25) is 11.9 Å². The second-order valence-electron chi connectivity index (χ2n) is 8.04. The third kappa shape index (κ3) is 4.78. The van der Waals surface area contributed by atoms with Crippen LogP contribution in [0.3, 0.4) is 0 Å². The van der Waals surface area contributed by atoms with Crippen LogP contribution < -0.4 is 19.7 Å². The molecule has 1 N–H and O–H groups in total. The molecule has 34 heavy (non-hydrogen) atoms. The first kappa shape index (κ1) is 23.4. The molecule has 1 saturated heterocycles. The fourth-order valence-corrected chi connectivity index (χ4v) is 4.32. The van der Waals surface area contributed by atoms with Gasteiger partial charge < -0.3 is 24.0 Å². The Hall–Kier alpha value is -3.75. The lowest BCUT2D eigenvalue weighted by Crippen LogP contribution is -2.57. The number of amides is 1. The molecule has 4 rings (SSSR count). The molecule has 2 aliphatic rings. The molecule has 0 unspecified atom stereocenters. The summed E-state index contributed by atoms with van der Waals surface area (Å²) in [6, 6.07) is 14.5. The zero-order valence-electron chi connectivity index (χ0n) is 19.7. The van der Waals surface area contributed by atoms with Crippen molar-refractivity contribution in [2.75, 3.05) is 51.9 Å². The van der Waals surface area contributed by atoms with Gasteiger partial charge >= 0.3 is 5.97 Å². The molecule has 2 atom stereocenters. The van der Waals surface area contributed by atoms with Gasteiger partial charge in [-0.25, -0.2) is 4.99 Å². The van der Waals surface area contributed by atoms with Gasteiger partial charge in [-0.1, -0.05) is 24.3 Å². The highest BCUT2D eigenvalue weighted by atomic mass is 16.5. The van der Waals surface area contributed by atoms with Crippen molar-refractivity contribution in [3.8, 4) is 11.5 Å². The summed E-state index contributed by atoms with van der Waals surface area (Å²) in [5, 5.41) is 2.84. The van der Waals surface area contributed by atoms with E-state index in [1.54, 1.807) is 33.3 Å². The highest BCUT2D eigenvalue weighted by molar-refractivity contribution is 6.08.